The summed E-state index contributed by atoms with van der Waals surface area (Å²) in [4.78, 5) is 10.0. The molecule has 1 aromatic carbocycles. The summed E-state index contributed by atoms with van der Waals surface area (Å²) in [6.07, 6.45) is 0. The van der Waals surface area contributed by atoms with Crippen molar-refractivity contribution in [2.24, 2.45) is 0 Å². The minimum Gasteiger partial charge on any atom is -0.452 e. The molecule has 6 nitrogen and oxygen atoms in total. The summed E-state index contributed by atoms with van der Waals surface area (Å²) in [6.45, 7) is 3.50. The third-order valence-electron chi connectivity index (χ3n) is 2.24. The maximum atomic E-state index is 10.5. The standard InChI is InChI=1S/C11H10N2O4/c1-7-11(8(2)17-12-7)16-10-5-3-9(4-6-10)13(14)15/h3-6H,1-2H3. The molecule has 0 aliphatic rings. The van der Waals surface area contributed by atoms with E-state index in [9.17, 15) is 10.1 Å². The van der Waals surface area contributed by atoms with Gasteiger partial charge in [-0.3, -0.25) is 10.1 Å². The van der Waals surface area contributed by atoms with E-state index < -0.39 is 4.92 Å². The van der Waals surface area contributed by atoms with Crippen molar-refractivity contribution in [2.75, 3.05) is 0 Å². The molecule has 0 atom stereocenters. The van der Waals surface area contributed by atoms with Crippen LogP contribution in [0.25, 0.3) is 0 Å². The van der Waals surface area contributed by atoms with Crippen LogP contribution < -0.4 is 4.74 Å². The van der Waals surface area contributed by atoms with Crippen LogP contribution in [0.3, 0.4) is 0 Å². The second kappa shape index (κ2) is 4.25. The number of non-ortho nitro benzene ring substituents is 1. The number of nitrogens with zero attached hydrogens (tertiary/aromatic N) is 2. The average molecular weight is 234 g/mol. The molecule has 0 spiro atoms. The molecule has 2 rings (SSSR count). The fourth-order valence-electron chi connectivity index (χ4n) is 1.37. The van der Waals surface area contributed by atoms with E-state index in [1.54, 1.807) is 13.8 Å². The number of aryl methyl sites for hydroxylation is 2. The van der Waals surface area contributed by atoms with Gasteiger partial charge < -0.3 is 9.26 Å². The molecule has 0 saturated carbocycles. The highest BCUT2D eigenvalue weighted by Gasteiger charge is 2.12. The Morgan fingerprint density at radius 1 is 1.29 bits per heavy atom. The number of ether oxygens (including phenoxy) is 1. The lowest BCUT2D eigenvalue weighted by Gasteiger charge is -2.03. The van der Waals surface area contributed by atoms with E-state index in [2.05, 4.69) is 5.16 Å². The number of nitro groups is 1. The highest BCUT2D eigenvalue weighted by molar-refractivity contribution is 5.40. The lowest BCUT2D eigenvalue weighted by atomic mass is 10.3. The summed E-state index contributed by atoms with van der Waals surface area (Å²) in [5.74, 6) is 1.62. The van der Waals surface area contributed by atoms with Gasteiger partial charge in [0.2, 0.25) is 0 Å². The van der Waals surface area contributed by atoms with Gasteiger partial charge >= 0.3 is 0 Å². The highest BCUT2D eigenvalue weighted by atomic mass is 16.6. The molecule has 0 fully saturated rings. The molecular formula is C11H10N2O4. The van der Waals surface area contributed by atoms with Gasteiger partial charge in [0.1, 0.15) is 11.4 Å². The van der Waals surface area contributed by atoms with Crippen LogP contribution in [0, 0.1) is 24.0 Å². The summed E-state index contributed by atoms with van der Waals surface area (Å²) >= 11 is 0. The van der Waals surface area contributed by atoms with E-state index in [-0.39, 0.29) is 5.69 Å². The van der Waals surface area contributed by atoms with Crippen molar-refractivity contribution in [1.29, 1.82) is 0 Å². The number of benzene rings is 1. The lowest BCUT2D eigenvalue weighted by Crippen LogP contribution is -1.89. The van der Waals surface area contributed by atoms with E-state index in [1.807, 2.05) is 0 Å². The number of nitro benzene ring substituents is 1. The third kappa shape index (κ3) is 2.25. The molecule has 2 aromatic rings. The molecule has 0 unspecified atom stereocenters. The molecule has 0 aliphatic heterocycles. The zero-order valence-corrected chi connectivity index (χ0v) is 9.34. The van der Waals surface area contributed by atoms with Gasteiger partial charge in [0.05, 0.1) is 4.92 Å². The Labute approximate surface area is 97.0 Å². The molecular weight excluding hydrogens is 224 g/mol. The van der Waals surface area contributed by atoms with Crippen molar-refractivity contribution in [2.45, 2.75) is 13.8 Å². The predicted molar refractivity (Wildman–Crippen MR) is 59.1 cm³/mol. The van der Waals surface area contributed by atoms with Crippen molar-refractivity contribution < 1.29 is 14.2 Å². The molecule has 0 aliphatic carbocycles. The van der Waals surface area contributed by atoms with Crippen LogP contribution in [0.1, 0.15) is 11.5 Å². The zero-order chi connectivity index (χ0) is 12.4. The second-order valence-electron chi connectivity index (χ2n) is 3.51. The molecule has 0 bridgehead atoms. The van der Waals surface area contributed by atoms with Crippen LogP contribution in [-0.2, 0) is 0 Å². The maximum Gasteiger partial charge on any atom is 0.269 e. The lowest BCUT2D eigenvalue weighted by molar-refractivity contribution is -0.384. The molecule has 1 aromatic heterocycles. The monoisotopic (exact) mass is 234 g/mol. The summed E-state index contributed by atoms with van der Waals surface area (Å²) in [5, 5.41) is 14.2. The van der Waals surface area contributed by atoms with Gasteiger partial charge in [0, 0.05) is 19.1 Å². The predicted octanol–water partition coefficient (Wildman–Crippen LogP) is 2.99. The van der Waals surface area contributed by atoms with E-state index in [4.69, 9.17) is 9.26 Å². The van der Waals surface area contributed by atoms with Crippen LogP contribution in [-0.4, -0.2) is 10.1 Å². The van der Waals surface area contributed by atoms with E-state index in [0.717, 1.165) is 0 Å². The topological polar surface area (TPSA) is 78.4 Å². The maximum absolute atomic E-state index is 10.5. The molecule has 0 amide bonds. The Bertz CT molecular complexity index is 526. The molecule has 0 radical (unpaired) electrons. The van der Waals surface area contributed by atoms with Crippen LogP contribution in [0.2, 0.25) is 0 Å². The van der Waals surface area contributed by atoms with Crippen LogP contribution >= 0.6 is 0 Å². The number of rotatable bonds is 3. The minimum atomic E-state index is -0.459. The Kier molecular flexibility index (Phi) is 2.78. The zero-order valence-electron chi connectivity index (χ0n) is 9.34. The van der Waals surface area contributed by atoms with Gasteiger partial charge in [-0.15, -0.1) is 0 Å². The Hall–Kier alpha value is -2.37. The van der Waals surface area contributed by atoms with Gasteiger partial charge in [0.15, 0.2) is 11.5 Å². The average Bonchev–Trinajstić information content (AvgIpc) is 2.61. The van der Waals surface area contributed by atoms with Gasteiger partial charge in [-0.05, 0) is 19.1 Å². The third-order valence-corrected chi connectivity index (χ3v) is 2.24. The van der Waals surface area contributed by atoms with Crippen molar-refractivity contribution in [3.05, 3.63) is 45.8 Å². The summed E-state index contributed by atoms with van der Waals surface area (Å²) in [5.41, 5.74) is 0.664. The van der Waals surface area contributed by atoms with E-state index in [0.29, 0.717) is 23.0 Å². The normalized spacial score (nSPS) is 10.2. The van der Waals surface area contributed by atoms with Crippen molar-refractivity contribution in [1.82, 2.24) is 5.16 Å². The van der Waals surface area contributed by atoms with E-state index >= 15 is 0 Å². The fourth-order valence-corrected chi connectivity index (χ4v) is 1.37. The number of hydrogen-bond donors (Lipinski definition) is 0. The second-order valence-corrected chi connectivity index (χ2v) is 3.51. The largest absolute Gasteiger partial charge is 0.452 e. The summed E-state index contributed by atoms with van der Waals surface area (Å²) in [7, 11) is 0. The quantitative estimate of drug-likeness (QED) is 0.602. The molecule has 6 heteroatoms. The fraction of sp³-hybridized carbons (Fsp3) is 0.182. The highest BCUT2D eigenvalue weighted by Crippen LogP contribution is 2.29. The van der Waals surface area contributed by atoms with Gasteiger partial charge in [0.25, 0.3) is 5.69 Å². The molecule has 17 heavy (non-hydrogen) atoms. The Morgan fingerprint density at radius 2 is 1.94 bits per heavy atom. The number of hydrogen-bond acceptors (Lipinski definition) is 5. The first-order valence-electron chi connectivity index (χ1n) is 4.93. The Morgan fingerprint density at radius 3 is 2.41 bits per heavy atom. The van der Waals surface area contributed by atoms with Gasteiger partial charge in [-0.2, -0.15) is 0 Å². The number of aromatic nitrogens is 1. The first-order valence-corrected chi connectivity index (χ1v) is 4.93. The SMILES string of the molecule is Cc1noc(C)c1Oc1ccc([N+](=O)[O-])cc1. The molecule has 1 heterocycles. The van der Waals surface area contributed by atoms with Gasteiger partial charge in [-0.25, -0.2) is 0 Å². The smallest absolute Gasteiger partial charge is 0.269 e. The van der Waals surface area contributed by atoms with Gasteiger partial charge in [-0.1, -0.05) is 5.16 Å². The summed E-state index contributed by atoms with van der Waals surface area (Å²) < 4.78 is 10.5. The van der Waals surface area contributed by atoms with Crippen molar-refractivity contribution in [3.63, 3.8) is 0 Å². The first kappa shape index (κ1) is 11.1. The molecule has 0 saturated heterocycles. The summed E-state index contributed by atoms with van der Waals surface area (Å²) in [6, 6.07) is 5.83. The first-order chi connectivity index (χ1) is 8.08. The van der Waals surface area contributed by atoms with E-state index in [1.165, 1.54) is 24.3 Å². The van der Waals surface area contributed by atoms with Crippen molar-refractivity contribution in [3.8, 4) is 11.5 Å². The van der Waals surface area contributed by atoms with Crippen LogP contribution in [0.5, 0.6) is 11.5 Å². The molecule has 0 N–H and O–H groups in total. The van der Waals surface area contributed by atoms with Crippen LogP contribution in [0.4, 0.5) is 5.69 Å². The van der Waals surface area contributed by atoms with Crippen LogP contribution in [0.15, 0.2) is 28.8 Å². The minimum absolute atomic E-state index is 0.0242. The Balaban J connectivity index is 2.22. The molecule has 88 valence electrons. The van der Waals surface area contributed by atoms with Crippen molar-refractivity contribution >= 4 is 5.69 Å².